The first-order valence-electron chi connectivity index (χ1n) is 5.10. The molecule has 3 aromatic rings. The molecule has 90 valence electrons. The lowest BCUT2D eigenvalue weighted by molar-refractivity contribution is 0.584. The maximum Gasteiger partial charge on any atom is 0.154 e. The molecule has 0 saturated heterocycles. The van der Waals surface area contributed by atoms with Gasteiger partial charge in [0.1, 0.15) is 16.8 Å². The molecule has 2 heterocycles. The second kappa shape index (κ2) is 4.03. The molecule has 1 aromatic carbocycles. The minimum atomic E-state index is -0.645. The van der Waals surface area contributed by atoms with Crippen LogP contribution in [0.2, 0.25) is 5.15 Å². The van der Waals surface area contributed by atoms with Crippen molar-refractivity contribution < 1.29 is 8.78 Å². The van der Waals surface area contributed by atoms with E-state index in [0.29, 0.717) is 22.1 Å². The van der Waals surface area contributed by atoms with Gasteiger partial charge in [-0.15, -0.1) is 0 Å². The van der Waals surface area contributed by atoms with Crippen molar-refractivity contribution in [2.75, 3.05) is 0 Å². The highest BCUT2D eigenvalue weighted by molar-refractivity contribution is 6.29. The molecule has 0 aliphatic rings. The highest BCUT2D eigenvalue weighted by Gasteiger charge is 2.08. The average Bonchev–Trinajstić information content (AvgIpc) is 2.70. The second-order valence-corrected chi connectivity index (χ2v) is 4.13. The summed E-state index contributed by atoms with van der Waals surface area (Å²) in [5, 5.41) is 4.32. The van der Waals surface area contributed by atoms with Crippen molar-refractivity contribution in [3.63, 3.8) is 0 Å². The molecule has 3 rings (SSSR count). The summed E-state index contributed by atoms with van der Waals surface area (Å²) in [6.07, 6.45) is 1.56. The van der Waals surface area contributed by atoms with Gasteiger partial charge in [0.2, 0.25) is 0 Å². The van der Waals surface area contributed by atoms with E-state index >= 15 is 0 Å². The van der Waals surface area contributed by atoms with Gasteiger partial charge in [-0.1, -0.05) is 11.6 Å². The number of imidazole rings is 1. The van der Waals surface area contributed by atoms with Gasteiger partial charge in [-0.2, -0.15) is 5.10 Å². The van der Waals surface area contributed by atoms with Gasteiger partial charge in [0.15, 0.2) is 5.65 Å². The van der Waals surface area contributed by atoms with E-state index in [-0.39, 0.29) is 0 Å². The van der Waals surface area contributed by atoms with Crippen LogP contribution in [0.1, 0.15) is 0 Å². The summed E-state index contributed by atoms with van der Waals surface area (Å²) in [6, 6.07) is 6.52. The minimum absolute atomic E-state index is 0.317. The number of benzene rings is 1. The fraction of sp³-hybridized carbons (Fsp3) is 0. The Kier molecular flexibility index (Phi) is 2.48. The molecular weight excluding hydrogens is 260 g/mol. The van der Waals surface area contributed by atoms with E-state index < -0.39 is 11.6 Å². The van der Waals surface area contributed by atoms with Crippen LogP contribution < -0.4 is 0 Å². The van der Waals surface area contributed by atoms with Gasteiger partial charge in [-0.25, -0.2) is 18.3 Å². The van der Waals surface area contributed by atoms with Crippen LogP contribution >= 0.6 is 11.6 Å². The van der Waals surface area contributed by atoms with Crippen molar-refractivity contribution in [2.45, 2.75) is 0 Å². The SMILES string of the molecule is Fc1cc(F)cc(-c2cn3nc(Cl)ccc3n2)c1. The maximum absolute atomic E-state index is 13.1. The Morgan fingerprint density at radius 2 is 1.78 bits per heavy atom. The number of rotatable bonds is 1. The first kappa shape index (κ1) is 11.1. The standard InChI is InChI=1S/C12H6ClF2N3/c13-11-1-2-12-16-10(6-18(12)17-11)7-3-8(14)5-9(15)4-7/h1-6H. The predicted octanol–water partition coefficient (Wildman–Crippen LogP) is 3.33. The normalized spacial score (nSPS) is 11.1. The summed E-state index contributed by atoms with van der Waals surface area (Å²) in [5.41, 5.74) is 1.34. The third kappa shape index (κ3) is 1.93. The highest BCUT2D eigenvalue weighted by atomic mass is 35.5. The zero-order valence-corrected chi connectivity index (χ0v) is 9.70. The third-order valence-electron chi connectivity index (χ3n) is 2.45. The number of hydrogen-bond acceptors (Lipinski definition) is 2. The van der Waals surface area contributed by atoms with Gasteiger partial charge in [0.05, 0.1) is 11.9 Å². The second-order valence-electron chi connectivity index (χ2n) is 3.74. The molecule has 0 amide bonds. The molecule has 0 aliphatic heterocycles. The zero-order valence-electron chi connectivity index (χ0n) is 8.94. The number of nitrogens with zero attached hydrogens (tertiary/aromatic N) is 3. The lowest BCUT2D eigenvalue weighted by Crippen LogP contribution is -1.88. The van der Waals surface area contributed by atoms with Crippen molar-refractivity contribution >= 4 is 17.2 Å². The van der Waals surface area contributed by atoms with Gasteiger partial charge in [-0.3, -0.25) is 0 Å². The number of fused-ring (bicyclic) bond motifs is 1. The Balaban J connectivity index is 2.19. The molecule has 3 nitrogen and oxygen atoms in total. The summed E-state index contributed by atoms with van der Waals surface area (Å²) >= 11 is 5.74. The summed E-state index contributed by atoms with van der Waals surface area (Å²) < 4.78 is 27.7. The fourth-order valence-electron chi connectivity index (χ4n) is 1.70. The molecule has 0 radical (unpaired) electrons. The van der Waals surface area contributed by atoms with Gasteiger partial charge < -0.3 is 0 Å². The van der Waals surface area contributed by atoms with Crippen LogP contribution in [0.3, 0.4) is 0 Å². The smallest absolute Gasteiger partial charge is 0.154 e. The lowest BCUT2D eigenvalue weighted by Gasteiger charge is -1.96. The molecule has 0 fully saturated rings. The first-order valence-corrected chi connectivity index (χ1v) is 5.48. The van der Waals surface area contributed by atoms with Crippen LogP contribution in [0.25, 0.3) is 16.9 Å². The van der Waals surface area contributed by atoms with Crippen molar-refractivity contribution in [1.82, 2.24) is 14.6 Å². The van der Waals surface area contributed by atoms with Crippen LogP contribution in [-0.4, -0.2) is 14.6 Å². The molecule has 2 aromatic heterocycles. The van der Waals surface area contributed by atoms with Crippen molar-refractivity contribution in [1.29, 1.82) is 0 Å². The summed E-state index contributed by atoms with van der Waals surface area (Å²) in [7, 11) is 0. The fourth-order valence-corrected chi connectivity index (χ4v) is 1.84. The van der Waals surface area contributed by atoms with Crippen LogP contribution in [-0.2, 0) is 0 Å². The molecule has 18 heavy (non-hydrogen) atoms. The van der Waals surface area contributed by atoms with Crippen LogP contribution in [0.15, 0.2) is 36.5 Å². The van der Waals surface area contributed by atoms with Gasteiger partial charge in [0, 0.05) is 11.6 Å². The van der Waals surface area contributed by atoms with Crippen LogP contribution in [0.4, 0.5) is 8.78 Å². The molecule has 6 heteroatoms. The number of hydrogen-bond donors (Lipinski definition) is 0. The van der Waals surface area contributed by atoms with Gasteiger partial charge >= 0.3 is 0 Å². The van der Waals surface area contributed by atoms with E-state index in [0.717, 1.165) is 6.07 Å². The minimum Gasteiger partial charge on any atom is -0.227 e. The molecule has 0 aliphatic carbocycles. The Bertz CT molecular complexity index is 719. The number of aromatic nitrogens is 3. The Morgan fingerprint density at radius 3 is 2.50 bits per heavy atom. The lowest BCUT2D eigenvalue weighted by atomic mass is 10.1. The Morgan fingerprint density at radius 1 is 1.06 bits per heavy atom. The summed E-state index contributed by atoms with van der Waals surface area (Å²) in [5.74, 6) is -1.29. The third-order valence-corrected chi connectivity index (χ3v) is 2.65. The molecule has 0 atom stereocenters. The molecule has 0 unspecified atom stereocenters. The average molecular weight is 266 g/mol. The highest BCUT2D eigenvalue weighted by Crippen LogP contribution is 2.21. The van der Waals surface area contributed by atoms with E-state index in [1.54, 1.807) is 18.3 Å². The maximum atomic E-state index is 13.1. The Hall–Kier alpha value is -2.01. The zero-order chi connectivity index (χ0) is 12.7. The molecule has 0 N–H and O–H groups in total. The Labute approximate surface area is 106 Å². The molecule has 0 spiro atoms. The van der Waals surface area contributed by atoms with Crippen LogP contribution in [0.5, 0.6) is 0 Å². The van der Waals surface area contributed by atoms with E-state index in [4.69, 9.17) is 11.6 Å². The van der Waals surface area contributed by atoms with E-state index in [1.807, 2.05) is 0 Å². The molecular formula is C12H6ClF2N3. The molecule has 0 saturated carbocycles. The van der Waals surface area contributed by atoms with E-state index in [9.17, 15) is 8.78 Å². The van der Waals surface area contributed by atoms with Crippen molar-refractivity contribution in [3.8, 4) is 11.3 Å². The van der Waals surface area contributed by atoms with Gasteiger partial charge in [-0.05, 0) is 24.3 Å². The predicted molar refractivity (Wildman–Crippen MR) is 63.3 cm³/mol. The largest absolute Gasteiger partial charge is 0.227 e. The van der Waals surface area contributed by atoms with Gasteiger partial charge in [0.25, 0.3) is 0 Å². The molecule has 0 bridgehead atoms. The van der Waals surface area contributed by atoms with Crippen molar-refractivity contribution in [2.24, 2.45) is 0 Å². The first-order chi connectivity index (χ1) is 8.61. The monoisotopic (exact) mass is 265 g/mol. The topological polar surface area (TPSA) is 30.2 Å². The quantitative estimate of drug-likeness (QED) is 0.676. The van der Waals surface area contributed by atoms with Crippen molar-refractivity contribution in [3.05, 3.63) is 53.3 Å². The van der Waals surface area contributed by atoms with Crippen LogP contribution in [0, 0.1) is 11.6 Å². The number of halogens is 3. The summed E-state index contributed by atoms with van der Waals surface area (Å²) in [4.78, 5) is 4.21. The van der Waals surface area contributed by atoms with E-state index in [2.05, 4.69) is 10.1 Å². The summed E-state index contributed by atoms with van der Waals surface area (Å²) in [6.45, 7) is 0. The van der Waals surface area contributed by atoms with E-state index in [1.165, 1.54) is 16.6 Å².